The van der Waals surface area contributed by atoms with Crippen molar-refractivity contribution in [3.05, 3.63) is 23.4 Å². The van der Waals surface area contributed by atoms with Gasteiger partial charge in [0.25, 0.3) is 0 Å². The van der Waals surface area contributed by atoms with Crippen LogP contribution in [0.25, 0.3) is 0 Å². The molecule has 1 aliphatic carbocycles. The van der Waals surface area contributed by atoms with Crippen LogP contribution in [0.2, 0.25) is 0 Å². The smallest absolute Gasteiger partial charge is 0.155 e. The molecule has 0 N–H and O–H groups in total. The summed E-state index contributed by atoms with van der Waals surface area (Å²) in [4.78, 5) is 11.5. The summed E-state index contributed by atoms with van der Waals surface area (Å²) in [7, 11) is 0. The molecule has 1 heterocycles. The minimum absolute atomic E-state index is 0.233. The average Bonchev–Trinajstić information content (AvgIpc) is 2.65. The molecule has 0 amide bonds. The van der Waals surface area contributed by atoms with Gasteiger partial charge in [0.05, 0.1) is 10.7 Å². The van der Waals surface area contributed by atoms with Gasteiger partial charge >= 0.3 is 0 Å². The summed E-state index contributed by atoms with van der Waals surface area (Å²) >= 11 is 1.73. The molecule has 1 unspecified atom stereocenters. The summed E-state index contributed by atoms with van der Waals surface area (Å²) in [5.74, 6) is 0.548. The van der Waals surface area contributed by atoms with Crippen LogP contribution in [-0.4, -0.2) is 21.8 Å². The van der Waals surface area contributed by atoms with Crippen LogP contribution >= 0.6 is 11.8 Å². The van der Waals surface area contributed by atoms with E-state index in [9.17, 15) is 4.79 Å². The lowest BCUT2D eigenvalue weighted by Gasteiger charge is -2.18. The Labute approximate surface area is 106 Å². The molecule has 0 bridgehead atoms. The molecule has 0 saturated heterocycles. The molecule has 1 aliphatic rings. The van der Waals surface area contributed by atoms with Gasteiger partial charge in [-0.2, -0.15) is 5.10 Å². The zero-order valence-electron chi connectivity index (χ0n) is 10.6. The lowest BCUT2D eigenvalue weighted by atomic mass is 9.87. The highest BCUT2D eigenvalue weighted by Gasteiger charge is 2.25. The number of allylic oxidation sites excluding steroid dienone is 2. The number of ketones is 1. The molecule has 0 radical (unpaired) electrons. The van der Waals surface area contributed by atoms with Crippen molar-refractivity contribution in [3.8, 4) is 0 Å². The minimum atomic E-state index is 0.233. The van der Waals surface area contributed by atoms with Crippen LogP contribution in [0.15, 0.2) is 17.2 Å². The Balaban J connectivity index is 2.40. The van der Waals surface area contributed by atoms with Gasteiger partial charge in [0.15, 0.2) is 5.78 Å². The number of hydrogen-bond donors (Lipinski definition) is 0. The van der Waals surface area contributed by atoms with Crippen molar-refractivity contribution in [3.63, 3.8) is 0 Å². The van der Waals surface area contributed by atoms with E-state index in [4.69, 9.17) is 0 Å². The first-order chi connectivity index (χ1) is 8.17. The van der Waals surface area contributed by atoms with E-state index in [0.717, 1.165) is 18.7 Å². The molecule has 1 aromatic rings. The van der Waals surface area contributed by atoms with Crippen molar-refractivity contribution >= 4 is 17.5 Å². The fourth-order valence-corrected chi connectivity index (χ4v) is 3.37. The van der Waals surface area contributed by atoms with Crippen LogP contribution in [0.3, 0.4) is 0 Å². The maximum atomic E-state index is 11.5. The molecule has 1 aromatic heterocycles. The summed E-state index contributed by atoms with van der Waals surface area (Å²) in [6.45, 7) is 5.03. The van der Waals surface area contributed by atoms with Crippen molar-refractivity contribution < 1.29 is 4.79 Å². The highest BCUT2D eigenvalue weighted by atomic mass is 32.2. The molecule has 3 nitrogen and oxygen atoms in total. The van der Waals surface area contributed by atoms with E-state index in [1.54, 1.807) is 17.8 Å². The third kappa shape index (κ3) is 2.32. The van der Waals surface area contributed by atoms with E-state index in [1.165, 1.54) is 10.6 Å². The molecule has 2 rings (SSSR count). The minimum Gasteiger partial charge on any atom is -0.295 e. The molecule has 92 valence electrons. The van der Waals surface area contributed by atoms with Crippen LogP contribution < -0.4 is 0 Å². The third-order valence-electron chi connectivity index (χ3n) is 3.20. The second kappa shape index (κ2) is 5.08. The van der Waals surface area contributed by atoms with Crippen molar-refractivity contribution in [1.82, 2.24) is 9.78 Å². The number of aromatic nitrogens is 2. The number of carbonyl (C=O) groups is 1. The molecule has 0 fully saturated rings. The van der Waals surface area contributed by atoms with E-state index in [0.29, 0.717) is 12.3 Å². The maximum Gasteiger partial charge on any atom is 0.155 e. The monoisotopic (exact) mass is 250 g/mol. The average molecular weight is 250 g/mol. The normalized spacial score (nSPS) is 19.9. The Morgan fingerprint density at radius 2 is 2.35 bits per heavy atom. The lowest BCUT2D eigenvalue weighted by molar-refractivity contribution is -0.115. The Kier molecular flexibility index (Phi) is 3.72. The summed E-state index contributed by atoms with van der Waals surface area (Å²) in [6.07, 6.45) is 7.35. The molecular formula is C13H18N2OS. The first-order valence-corrected chi connectivity index (χ1v) is 7.20. The Bertz CT molecular complexity index is 462. The largest absolute Gasteiger partial charge is 0.295 e. The van der Waals surface area contributed by atoms with E-state index >= 15 is 0 Å². The number of hydrogen-bond acceptors (Lipinski definition) is 3. The Hall–Kier alpha value is -1.03. The van der Waals surface area contributed by atoms with Gasteiger partial charge in [-0.1, -0.05) is 6.08 Å². The van der Waals surface area contributed by atoms with Crippen LogP contribution in [-0.2, 0) is 11.3 Å². The number of rotatable bonds is 3. The summed E-state index contributed by atoms with van der Waals surface area (Å²) in [6, 6.07) is 0. The predicted molar refractivity (Wildman–Crippen MR) is 70.5 cm³/mol. The van der Waals surface area contributed by atoms with E-state index in [2.05, 4.69) is 18.3 Å². The number of carbonyl (C=O) groups excluding carboxylic acids is 1. The van der Waals surface area contributed by atoms with Crippen molar-refractivity contribution in [2.45, 2.75) is 44.2 Å². The number of nitrogens with zero attached hydrogens (tertiary/aromatic N) is 2. The molecule has 0 aliphatic heterocycles. The van der Waals surface area contributed by atoms with Gasteiger partial charge in [-0.25, -0.2) is 0 Å². The third-order valence-corrected chi connectivity index (χ3v) is 4.02. The highest BCUT2D eigenvalue weighted by molar-refractivity contribution is 7.98. The molecule has 1 atom stereocenters. The van der Waals surface area contributed by atoms with Gasteiger partial charge < -0.3 is 0 Å². The highest BCUT2D eigenvalue weighted by Crippen LogP contribution is 2.36. The van der Waals surface area contributed by atoms with Gasteiger partial charge in [0.1, 0.15) is 0 Å². The SMILES string of the molecule is CCn1nc(C)c(C2CC=CC(=O)C2)c1SC. The lowest BCUT2D eigenvalue weighted by Crippen LogP contribution is -2.10. The van der Waals surface area contributed by atoms with Crippen LogP contribution in [0.4, 0.5) is 0 Å². The first kappa shape index (κ1) is 12.4. The van der Waals surface area contributed by atoms with Crippen LogP contribution in [0.5, 0.6) is 0 Å². The summed E-state index contributed by atoms with van der Waals surface area (Å²) in [5.41, 5.74) is 2.35. The summed E-state index contributed by atoms with van der Waals surface area (Å²) in [5, 5.41) is 5.78. The second-order valence-electron chi connectivity index (χ2n) is 4.33. The van der Waals surface area contributed by atoms with Gasteiger partial charge in [-0.15, -0.1) is 11.8 Å². The standard InChI is InChI=1S/C13H18N2OS/c1-4-15-13(17-3)12(9(2)14-15)10-6-5-7-11(16)8-10/h5,7,10H,4,6,8H2,1-3H3. The molecule has 0 saturated carbocycles. The molecule has 4 heteroatoms. The van der Waals surface area contributed by atoms with Crippen molar-refractivity contribution in [2.75, 3.05) is 6.26 Å². The molecular weight excluding hydrogens is 232 g/mol. The maximum absolute atomic E-state index is 11.5. The number of thioether (sulfide) groups is 1. The van der Waals surface area contributed by atoms with E-state index < -0.39 is 0 Å². The number of aryl methyl sites for hydroxylation is 2. The summed E-state index contributed by atoms with van der Waals surface area (Å²) < 4.78 is 2.04. The zero-order chi connectivity index (χ0) is 12.4. The molecule has 0 aromatic carbocycles. The Morgan fingerprint density at radius 3 is 2.94 bits per heavy atom. The fraction of sp³-hybridized carbons (Fsp3) is 0.538. The molecule has 0 spiro atoms. The van der Waals surface area contributed by atoms with Gasteiger partial charge in [-0.3, -0.25) is 9.48 Å². The van der Waals surface area contributed by atoms with E-state index in [1.807, 2.05) is 17.7 Å². The second-order valence-corrected chi connectivity index (χ2v) is 5.12. The van der Waals surface area contributed by atoms with Crippen molar-refractivity contribution in [2.24, 2.45) is 0 Å². The van der Waals surface area contributed by atoms with Gasteiger partial charge in [0.2, 0.25) is 0 Å². The van der Waals surface area contributed by atoms with Crippen LogP contribution in [0, 0.1) is 6.92 Å². The van der Waals surface area contributed by atoms with Gasteiger partial charge in [0, 0.05) is 18.5 Å². The fourth-order valence-electron chi connectivity index (χ4n) is 2.45. The molecule has 17 heavy (non-hydrogen) atoms. The van der Waals surface area contributed by atoms with Gasteiger partial charge in [-0.05, 0) is 38.5 Å². The van der Waals surface area contributed by atoms with Crippen LogP contribution in [0.1, 0.15) is 36.9 Å². The Morgan fingerprint density at radius 1 is 1.59 bits per heavy atom. The zero-order valence-corrected chi connectivity index (χ0v) is 11.4. The quantitative estimate of drug-likeness (QED) is 0.774. The first-order valence-electron chi connectivity index (χ1n) is 5.98. The van der Waals surface area contributed by atoms with Crippen molar-refractivity contribution in [1.29, 1.82) is 0 Å². The van der Waals surface area contributed by atoms with E-state index in [-0.39, 0.29) is 5.78 Å². The predicted octanol–water partition coefficient (Wildman–Crippen LogP) is 2.94. The topological polar surface area (TPSA) is 34.9 Å².